The monoisotopic (exact) mass is 359 g/mol. The van der Waals surface area contributed by atoms with E-state index >= 15 is 0 Å². The van der Waals surface area contributed by atoms with Gasteiger partial charge < -0.3 is 10.2 Å². The Hall–Kier alpha value is -1.86. The summed E-state index contributed by atoms with van der Waals surface area (Å²) in [6.45, 7) is 0.399. The molecule has 138 valence electrons. The Kier molecular flexibility index (Phi) is 5.44. The van der Waals surface area contributed by atoms with Gasteiger partial charge in [0.25, 0.3) is 11.9 Å². The topological polar surface area (TPSA) is 45.2 Å². The van der Waals surface area contributed by atoms with E-state index in [1.807, 2.05) is 0 Å². The largest absolute Gasteiger partial charge is 0.366 e. The smallest absolute Gasteiger partial charge is 0.253 e. The van der Waals surface area contributed by atoms with E-state index in [4.69, 9.17) is 0 Å². The summed E-state index contributed by atoms with van der Waals surface area (Å²) in [6.07, 6.45) is 5.96. The molecule has 0 unspecified atom stereocenters. The maximum absolute atomic E-state index is 13.8. The molecular formula is C17H21F4N3O. The molecule has 2 aliphatic rings. The molecule has 2 fully saturated rings. The summed E-state index contributed by atoms with van der Waals surface area (Å²) in [5, 5.41) is 2.96. The predicted molar refractivity (Wildman–Crippen MR) is 84.0 cm³/mol. The van der Waals surface area contributed by atoms with Crippen LogP contribution in [0.25, 0.3) is 0 Å². The summed E-state index contributed by atoms with van der Waals surface area (Å²) in [6, 6.07) is -0.0900. The minimum atomic E-state index is -1.65. The number of hydrogen-bond donors (Lipinski definition) is 1. The standard InChI is InChI=1S/C17H21F4N3O/c18-13-15(14(19)17(21)23-16(13)20)24-7-5-11(6-8-24)22-12(25)9-10-3-1-2-4-10/h10-11H,1-9H2,(H,22,25). The minimum absolute atomic E-state index is 0.00344. The molecule has 3 rings (SSSR count). The van der Waals surface area contributed by atoms with Crippen LogP contribution in [0.2, 0.25) is 0 Å². The van der Waals surface area contributed by atoms with Crippen LogP contribution in [0, 0.1) is 29.4 Å². The van der Waals surface area contributed by atoms with Crippen molar-refractivity contribution in [2.75, 3.05) is 18.0 Å². The first-order valence-electron chi connectivity index (χ1n) is 8.70. The predicted octanol–water partition coefficient (Wildman–Crippen LogP) is 3.30. The molecule has 1 N–H and O–H groups in total. The van der Waals surface area contributed by atoms with Gasteiger partial charge >= 0.3 is 0 Å². The van der Waals surface area contributed by atoms with Crippen molar-refractivity contribution in [3.63, 3.8) is 0 Å². The van der Waals surface area contributed by atoms with Gasteiger partial charge in [-0.2, -0.15) is 22.5 Å². The van der Waals surface area contributed by atoms with Gasteiger partial charge in [-0.25, -0.2) is 0 Å². The Morgan fingerprint density at radius 2 is 1.56 bits per heavy atom. The molecule has 1 saturated carbocycles. The summed E-state index contributed by atoms with van der Waals surface area (Å²) in [4.78, 5) is 15.9. The van der Waals surface area contributed by atoms with Crippen LogP contribution in [0.4, 0.5) is 23.2 Å². The van der Waals surface area contributed by atoms with Crippen LogP contribution in [0.1, 0.15) is 44.9 Å². The second-order valence-electron chi connectivity index (χ2n) is 6.85. The highest BCUT2D eigenvalue weighted by molar-refractivity contribution is 5.76. The molecule has 0 bridgehead atoms. The molecule has 1 aliphatic carbocycles. The number of nitrogens with one attached hydrogen (secondary N) is 1. The molecule has 1 saturated heterocycles. The molecule has 0 aromatic carbocycles. The molecule has 1 aromatic heterocycles. The van der Waals surface area contributed by atoms with Crippen LogP contribution in [-0.2, 0) is 4.79 Å². The summed E-state index contributed by atoms with van der Waals surface area (Å²) < 4.78 is 54.1. The van der Waals surface area contributed by atoms with E-state index in [0.717, 1.165) is 12.8 Å². The van der Waals surface area contributed by atoms with E-state index in [-0.39, 0.29) is 25.0 Å². The van der Waals surface area contributed by atoms with Gasteiger partial charge in [-0.1, -0.05) is 12.8 Å². The molecule has 1 aromatic rings. The Balaban J connectivity index is 1.56. The van der Waals surface area contributed by atoms with E-state index in [9.17, 15) is 22.4 Å². The van der Waals surface area contributed by atoms with E-state index in [1.165, 1.54) is 17.7 Å². The van der Waals surface area contributed by atoms with Crippen LogP contribution in [0.5, 0.6) is 0 Å². The van der Waals surface area contributed by atoms with Crippen molar-refractivity contribution in [1.82, 2.24) is 10.3 Å². The van der Waals surface area contributed by atoms with Gasteiger partial charge in [0.05, 0.1) is 0 Å². The highest BCUT2D eigenvalue weighted by Crippen LogP contribution is 2.29. The van der Waals surface area contributed by atoms with Gasteiger partial charge in [-0.15, -0.1) is 0 Å². The lowest BCUT2D eigenvalue weighted by molar-refractivity contribution is -0.122. The number of hydrogen-bond acceptors (Lipinski definition) is 3. The fourth-order valence-corrected chi connectivity index (χ4v) is 3.76. The van der Waals surface area contributed by atoms with Crippen LogP contribution >= 0.6 is 0 Å². The minimum Gasteiger partial charge on any atom is -0.366 e. The van der Waals surface area contributed by atoms with E-state index in [1.54, 1.807) is 0 Å². The molecule has 25 heavy (non-hydrogen) atoms. The summed E-state index contributed by atoms with van der Waals surface area (Å²) in [5.41, 5.74) is -0.722. The lowest BCUT2D eigenvalue weighted by Crippen LogP contribution is -2.45. The van der Waals surface area contributed by atoms with Crippen molar-refractivity contribution < 1.29 is 22.4 Å². The van der Waals surface area contributed by atoms with Gasteiger partial charge in [-0.3, -0.25) is 4.79 Å². The van der Waals surface area contributed by atoms with Crippen LogP contribution in [0.3, 0.4) is 0 Å². The SMILES string of the molecule is O=C(CC1CCCC1)NC1CCN(c2c(F)c(F)nc(F)c2F)CC1. The molecule has 8 heteroatoms. The van der Waals surface area contributed by atoms with Crippen molar-refractivity contribution in [2.45, 2.75) is 51.0 Å². The van der Waals surface area contributed by atoms with E-state index in [0.29, 0.717) is 25.2 Å². The zero-order valence-corrected chi connectivity index (χ0v) is 13.8. The second-order valence-corrected chi connectivity index (χ2v) is 6.85. The number of halogens is 4. The Morgan fingerprint density at radius 3 is 2.12 bits per heavy atom. The molecule has 1 amide bonds. The maximum Gasteiger partial charge on any atom is 0.253 e. The fourth-order valence-electron chi connectivity index (χ4n) is 3.76. The number of aromatic nitrogens is 1. The number of carbonyl (C=O) groups excluding carboxylic acids is 1. The normalized spacial score (nSPS) is 19.4. The van der Waals surface area contributed by atoms with Crippen molar-refractivity contribution in [2.24, 2.45) is 5.92 Å². The van der Waals surface area contributed by atoms with E-state index < -0.39 is 29.2 Å². The third kappa shape index (κ3) is 4.04. The number of carbonyl (C=O) groups is 1. The zero-order chi connectivity index (χ0) is 18.0. The van der Waals surface area contributed by atoms with Gasteiger partial charge in [-0.05, 0) is 31.6 Å². The highest BCUT2D eigenvalue weighted by Gasteiger charge is 2.29. The lowest BCUT2D eigenvalue weighted by Gasteiger charge is -2.34. The van der Waals surface area contributed by atoms with Gasteiger partial charge in [0, 0.05) is 25.6 Å². The molecule has 0 spiro atoms. The van der Waals surface area contributed by atoms with Crippen LogP contribution < -0.4 is 10.2 Å². The third-order valence-electron chi connectivity index (χ3n) is 5.10. The molecule has 1 aliphatic heterocycles. The summed E-state index contributed by atoms with van der Waals surface area (Å²) >= 11 is 0. The molecule has 2 heterocycles. The number of anilines is 1. The molecule has 4 nitrogen and oxygen atoms in total. The fraction of sp³-hybridized carbons (Fsp3) is 0.647. The number of amides is 1. The van der Waals surface area contributed by atoms with Crippen molar-refractivity contribution in [1.29, 1.82) is 0 Å². The molecule has 0 atom stereocenters. The molecular weight excluding hydrogens is 338 g/mol. The summed E-state index contributed by atoms with van der Waals surface area (Å²) in [7, 11) is 0. The Labute approximate surface area is 143 Å². The first-order chi connectivity index (χ1) is 12.0. The first-order valence-corrected chi connectivity index (χ1v) is 8.70. The summed E-state index contributed by atoms with van der Waals surface area (Å²) in [5.74, 6) is -5.82. The Morgan fingerprint density at radius 1 is 1.00 bits per heavy atom. The maximum atomic E-state index is 13.8. The van der Waals surface area contributed by atoms with Crippen molar-refractivity contribution >= 4 is 11.6 Å². The Bertz CT molecular complexity index is 615. The van der Waals surface area contributed by atoms with Crippen molar-refractivity contribution in [3.8, 4) is 0 Å². The van der Waals surface area contributed by atoms with Crippen molar-refractivity contribution in [3.05, 3.63) is 23.5 Å². The third-order valence-corrected chi connectivity index (χ3v) is 5.10. The van der Waals surface area contributed by atoms with Gasteiger partial charge in [0.2, 0.25) is 17.5 Å². The average molecular weight is 359 g/mol. The van der Waals surface area contributed by atoms with E-state index in [2.05, 4.69) is 10.3 Å². The lowest BCUT2D eigenvalue weighted by atomic mass is 10.0. The zero-order valence-electron chi connectivity index (χ0n) is 13.8. The number of nitrogens with zero attached hydrogens (tertiary/aromatic N) is 2. The van der Waals surface area contributed by atoms with Crippen LogP contribution in [0.15, 0.2) is 0 Å². The quantitative estimate of drug-likeness (QED) is 0.663. The first kappa shape index (κ1) is 17.9. The van der Waals surface area contributed by atoms with Crippen LogP contribution in [-0.4, -0.2) is 30.0 Å². The average Bonchev–Trinajstić information content (AvgIpc) is 3.07. The number of piperidine rings is 1. The second kappa shape index (κ2) is 7.58. The number of rotatable bonds is 4. The highest BCUT2D eigenvalue weighted by atomic mass is 19.2. The molecule has 0 radical (unpaired) electrons. The van der Waals surface area contributed by atoms with Gasteiger partial charge in [0.15, 0.2) is 0 Å². The number of pyridine rings is 1. The van der Waals surface area contributed by atoms with Gasteiger partial charge in [0.1, 0.15) is 5.69 Å².